The lowest BCUT2D eigenvalue weighted by Gasteiger charge is -2.07. The van der Waals surface area contributed by atoms with E-state index in [2.05, 4.69) is 4.98 Å². The van der Waals surface area contributed by atoms with E-state index in [1.54, 1.807) is 0 Å². The lowest BCUT2D eigenvalue weighted by Crippen LogP contribution is -2.33. The summed E-state index contributed by atoms with van der Waals surface area (Å²) in [4.78, 5) is 4.32. The largest absolute Gasteiger partial charge is 0.488 e. The van der Waals surface area contributed by atoms with Crippen LogP contribution in [0, 0.1) is 5.82 Å². The molecule has 0 spiro atoms. The molecule has 1 heterocycles. The summed E-state index contributed by atoms with van der Waals surface area (Å²) < 4.78 is 18.7. The number of para-hydroxylation sites is 2. The normalized spacial score (nSPS) is 11.0. The lowest BCUT2D eigenvalue weighted by atomic mass is 9.77. The summed E-state index contributed by atoms with van der Waals surface area (Å²) in [5, 5.41) is 19.0. The number of thioether (sulfide) groups is 1. The third-order valence-electron chi connectivity index (χ3n) is 3.01. The Morgan fingerprint density at radius 1 is 1.19 bits per heavy atom. The van der Waals surface area contributed by atoms with Crippen molar-refractivity contribution in [3.63, 3.8) is 0 Å². The first kappa shape index (κ1) is 14.1. The van der Waals surface area contributed by atoms with Crippen molar-refractivity contribution in [2.75, 3.05) is 0 Å². The molecule has 0 fully saturated rings. The predicted octanol–water partition coefficient (Wildman–Crippen LogP) is 1.94. The van der Waals surface area contributed by atoms with Crippen LogP contribution in [0.3, 0.4) is 0 Å². The first-order valence-corrected chi connectivity index (χ1v) is 7.25. The molecule has 2 N–H and O–H groups in total. The third kappa shape index (κ3) is 3.10. The molecule has 0 radical (unpaired) electrons. The van der Waals surface area contributed by atoms with Gasteiger partial charge in [0.15, 0.2) is 5.58 Å². The summed E-state index contributed by atoms with van der Waals surface area (Å²) in [5.74, 6) is -0.103. The maximum atomic E-state index is 13.2. The van der Waals surface area contributed by atoms with E-state index in [0.29, 0.717) is 22.1 Å². The van der Waals surface area contributed by atoms with Crippen LogP contribution in [0.25, 0.3) is 11.1 Å². The van der Waals surface area contributed by atoms with E-state index in [0.717, 1.165) is 11.6 Å². The summed E-state index contributed by atoms with van der Waals surface area (Å²) >= 11 is 1.31. The molecule has 106 valence electrons. The van der Waals surface area contributed by atoms with E-state index in [4.69, 9.17) is 4.42 Å². The number of oxazole rings is 1. The van der Waals surface area contributed by atoms with Gasteiger partial charge in [-0.3, -0.25) is 0 Å². The van der Waals surface area contributed by atoms with Gasteiger partial charge in [-0.2, -0.15) is 0 Å². The second-order valence-corrected chi connectivity index (χ2v) is 5.38. The van der Waals surface area contributed by atoms with Crippen LogP contribution in [0.4, 0.5) is 4.39 Å². The molecule has 0 amide bonds. The van der Waals surface area contributed by atoms with E-state index in [1.165, 1.54) is 23.9 Å². The number of aromatic nitrogens is 1. The monoisotopic (exact) mass is 303 g/mol. The van der Waals surface area contributed by atoms with Gasteiger partial charge >= 0.3 is 7.12 Å². The molecule has 7 heteroatoms. The van der Waals surface area contributed by atoms with E-state index in [9.17, 15) is 14.4 Å². The molecule has 0 saturated carbocycles. The molecular formula is C14H11BFNO3S. The molecule has 3 rings (SSSR count). The van der Waals surface area contributed by atoms with Gasteiger partial charge in [-0.05, 0) is 35.3 Å². The molecule has 0 atom stereocenters. The van der Waals surface area contributed by atoms with Crippen molar-refractivity contribution in [3.8, 4) is 0 Å². The molecule has 0 aliphatic carbocycles. The van der Waals surface area contributed by atoms with Gasteiger partial charge in [0.2, 0.25) is 0 Å². The van der Waals surface area contributed by atoms with Crippen molar-refractivity contribution in [2.45, 2.75) is 11.0 Å². The molecule has 1 aromatic heterocycles. The fourth-order valence-corrected chi connectivity index (χ4v) is 2.84. The average Bonchev–Trinajstić information content (AvgIpc) is 2.88. The van der Waals surface area contributed by atoms with Crippen LogP contribution < -0.4 is 5.46 Å². The van der Waals surface area contributed by atoms with Gasteiger partial charge in [-0.25, -0.2) is 9.37 Å². The Hall–Kier alpha value is -1.83. The quantitative estimate of drug-likeness (QED) is 0.569. The van der Waals surface area contributed by atoms with Crippen LogP contribution in [0.2, 0.25) is 0 Å². The number of fused-ring (bicyclic) bond motifs is 1. The smallest absolute Gasteiger partial charge is 0.431 e. The van der Waals surface area contributed by atoms with Crippen molar-refractivity contribution in [3.05, 3.63) is 53.8 Å². The Balaban J connectivity index is 1.81. The number of rotatable bonds is 4. The maximum Gasteiger partial charge on any atom is 0.488 e. The number of nitrogens with zero attached hydrogens (tertiary/aromatic N) is 1. The van der Waals surface area contributed by atoms with E-state index in [1.807, 2.05) is 24.3 Å². The summed E-state index contributed by atoms with van der Waals surface area (Å²) in [5.41, 5.74) is 2.24. The minimum atomic E-state index is -1.71. The van der Waals surface area contributed by atoms with Crippen LogP contribution >= 0.6 is 11.8 Å². The second-order valence-electron chi connectivity index (χ2n) is 4.45. The molecule has 0 unspecified atom stereocenters. The van der Waals surface area contributed by atoms with Gasteiger partial charge in [-0.1, -0.05) is 30.0 Å². The highest BCUT2D eigenvalue weighted by Gasteiger charge is 2.17. The van der Waals surface area contributed by atoms with Gasteiger partial charge in [0, 0.05) is 5.75 Å². The minimum Gasteiger partial charge on any atom is -0.431 e. The minimum absolute atomic E-state index is 0.151. The Kier molecular flexibility index (Phi) is 3.96. The standard InChI is InChI=1S/C14H11BFNO3S/c16-10-6-5-9(11(7-10)15(18)19)8-21-14-17-12-3-1-2-4-13(12)20-14/h1-7,18-19H,8H2. The Morgan fingerprint density at radius 3 is 2.76 bits per heavy atom. The van der Waals surface area contributed by atoms with Crippen LogP contribution in [-0.2, 0) is 5.75 Å². The first-order chi connectivity index (χ1) is 10.1. The zero-order chi connectivity index (χ0) is 14.8. The maximum absolute atomic E-state index is 13.2. The lowest BCUT2D eigenvalue weighted by molar-refractivity contribution is 0.425. The van der Waals surface area contributed by atoms with Crippen molar-refractivity contribution in [1.29, 1.82) is 0 Å². The zero-order valence-corrected chi connectivity index (χ0v) is 11.7. The van der Waals surface area contributed by atoms with Crippen molar-refractivity contribution < 1.29 is 18.9 Å². The van der Waals surface area contributed by atoms with Gasteiger partial charge < -0.3 is 14.5 Å². The number of hydrogen-bond acceptors (Lipinski definition) is 5. The van der Waals surface area contributed by atoms with Gasteiger partial charge in [0.05, 0.1) is 0 Å². The van der Waals surface area contributed by atoms with Crippen LogP contribution in [0.1, 0.15) is 5.56 Å². The molecule has 4 nitrogen and oxygen atoms in total. The van der Waals surface area contributed by atoms with Crippen LogP contribution in [-0.4, -0.2) is 22.2 Å². The Labute approximate surface area is 124 Å². The average molecular weight is 303 g/mol. The molecule has 2 aromatic carbocycles. The van der Waals surface area contributed by atoms with E-state index in [-0.39, 0.29) is 5.46 Å². The molecular weight excluding hydrogens is 292 g/mol. The molecule has 0 bridgehead atoms. The first-order valence-electron chi connectivity index (χ1n) is 6.26. The summed E-state index contributed by atoms with van der Waals surface area (Å²) in [6.45, 7) is 0. The zero-order valence-electron chi connectivity index (χ0n) is 10.9. The van der Waals surface area contributed by atoms with E-state index >= 15 is 0 Å². The van der Waals surface area contributed by atoms with Crippen LogP contribution in [0.15, 0.2) is 52.1 Å². The third-order valence-corrected chi connectivity index (χ3v) is 3.89. The Morgan fingerprint density at radius 2 is 2.00 bits per heavy atom. The van der Waals surface area contributed by atoms with Crippen molar-refractivity contribution in [1.82, 2.24) is 4.98 Å². The highest BCUT2D eigenvalue weighted by Crippen LogP contribution is 2.25. The summed E-state index contributed by atoms with van der Waals surface area (Å²) in [6, 6.07) is 11.3. The SMILES string of the molecule is OB(O)c1cc(F)ccc1CSc1nc2ccccc2o1. The van der Waals surface area contributed by atoms with Crippen molar-refractivity contribution >= 4 is 35.4 Å². The fourth-order valence-electron chi connectivity index (χ4n) is 1.99. The fraction of sp³-hybridized carbons (Fsp3) is 0.0714. The number of halogens is 1. The molecule has 3 aromatic rings. The molecule has 21 heavy (non-hydrogen) atoms. The predicted molar refractivity (Wildman–Crippen MR) is 79.8 cm³/mol. The molecule has 0 aliphatic rings. The highest BCUT2D eigenvalue weighted by atomic mass is 32.2. The van der Waals surface area contributed by atoms with Gasteiger partial charge in [-0.15, -0.1) is 0 Å². The van der Waals surface area contributed by atoms with Crippen molar-refractivity contribution in [2.24, 2.45) is 0 Å². The van der Waals surface area contributed by atoms with E-state index < -0.39 is 12.9 Å². The van der Waals surface area contributed by atoms with Crippen LogP contribution in [0.5, 0.6) is 0 Å². The highest BCUT2D eigenvalue weighted by molar-refractivity contribution is 7.98. The number of hydrogen-bond donors (Lipinski definition) is 2. The van der Waals surface area contributed by atoms with Gasteiger partial charge in [0.25, 0.3) is 5.22 Å². The van der Waals surface area contributed by atoms with Gasteiger partial charge in [0.1, 0.15) is 11.3 Å². The molecule has 0 saturated heterocycles. The Bertz CT molecular complexity index is 745. The topological polar surface area (TPSA) is 66.5 Å². The summed E-state index contributed by atoms with van der Waals surface area (Å²) in [6.07, 6.45) is 0. The summed E-state index contributed by atoms with van der Waals surface area (Å²) in [7, 11) is -1.71. The molecule has 0 aliphatic heterocycles. The second kappa shape index (κ2) is 5.89. The number of benzene rings is 2.